The zero-order valence-electron chi connectivity index (χ0n) is 16.2. The maximum atomic E-state index is 5.01. The summed E-state index contributed by atoms with van der Waals surface area (Å²) < 4.78 is 0. The fourth-order valence-corrected chi connectivity index (χ4v) is 3.88. The molecule has 6 heteroatoms. The molecule has 1 aromatic heterocycles. The molecular formula is C19H34N6. The minimum Gasteiger partial charge on any atom is -0.355 e. The highest BCUT2D eigenvalue weighted by molar-refractivity contribution is 5.50. The third-order valence-corrected chi connectivity index (χ3v) is 5.59. The Hall–Kier alpha value is -1.40. The van der Waals surface area contributed by atoms with Gasteiger partial charge in [-0.25, -0.2) is 4.98 Å². The molecule has 6 nitrogen and oxygen atoms in total. The van der Waals surface area contributed by atoms with E-state index in [0.29, 0.717) is 0 Å². The fourth-order valence-electron chi connectivity index (χ4n) is 3.88. The summed E-state index contributed by atoms with van der Waals surface area (Å²) >= 11 is 0. The van der Waals surface area contributed by atoms with Gasteiger partial charge in [0.05, 0.1) is 0 Å². The summed E-state index contributed by atoms with van der Waals surface area (Å²) in [6.07, 6.45) is 4.42. The second-order valence-electron chi connectivity index (χ2n) is 7.23. The van der Waals surface area contributed by atoms with Crippen molar-refractivity contribution in [3.05, 3.63) is 11.8 Å². The molecule has 3 heterocycles. The van der Waals surface area contributed by atoms with Gasteiger partial charge in [0.1, 0.15) is 5.82 Å². The van der Waals surface area contributed by atoms with Crippen LogP contribution in [0.4, 0.5) is 11.8 Å². The zero-order chi connectivity index (χ0) is 17.6. The second kappa shape index (κ2) is 8.81. The van der Waals surface area contributed by atoms with E-state index in [1.165, 1.54) is 31.5 Å². The summed E-state index contributed by atoms with van der Waals surface area (Å²) in [5.41, 5.74) is 1.19. The highest BCUT2D eigenvalue weighted by Crippen LogP contribution is 2.22. The minimum absolute atomic E-state index is 0.912. The summed E-state index contributed by atoms with van der Waals surface area (Å²) in [5.74, 6) is 2.05. The van der Waals surface area contributed by atoms with Gasteiger partial charge in [0.2, 0.25) is 5.95 Å². The molecule has 0 saturated carbocycles. The van der Waals surface area contributed by atoms with E-state index in [9.17, 15) is 0 Å². The van der Waals surface area contributed by atoms with Crippen molar-refractivity contribution in [2.24, 2.45) is 0 Å². The Bertz CT molecular complexity index is 549. The highest BCUT2D eigenvalue weighted by atomic mass is 15.3. The first kappa shape index (κ1) is 18.4. The Labute approximate surface area is 152 Å². The summed E-state index contributed by atoms with van der Waals surface area (Å²) in [6, 6.07) is 0. The van der Waals surface area contributed by atoms with Gasteiger partial charge in [-0.2, -0.15) is 4.98 Å². The third-order valence-electron chi connectivity index (χ3n) is 5.59. The van der Waals surface area contributed by atoms with Crippen LogP contribution in [0.3, 0.4) is 0 Å². The van der Waals surface area contributed by atoms with Gasteiger partial charge in [0, 0.05) is 51.0 Å². The van der Waals surface area contributed by atoms with E-state index in [4.69, 9.17) is 4.98 Å². The van der Waals surface area contributed by atoms with E-state index < -0.39 is 0 Å². The van der Waals surface area contributed by atoms with Crippen molar-refractivity contribution in [1.82, 2.24) is 19.8 Å². The van der Waals surface area contributed by atoms with Crippen LogP contribution in [0.25, 0.3) is 0 Å². The number of hydrogen-bond acceptors (Lipinski definition) is 6. The van der Waals surface area contributed by atoms with E-state index in [1.807, 2.05) is 6.20 Å². The molecule has 140 valence electrons. The molecule has 25 heavy (non-hydrogen) atoms. The van der Waals surface area contributed by atoms with E-state index >= 15 is 0 Å². The maximum absolute atomic E-state index is 5.01. The lowest BCUT2D eigenvalue weighted by molar-refractivity contribution is 0.310. The molecule has 0 unspecified atom stereocenters. The molecule has 2 aliphatic rings. The van der Waals surface area contributed by atoms with Crippen LogP contribution in [0.5, 0.6) is 0 Å². The van der Waals surface area contributed by atoms with Crippen molar-refractivity contribution >= 4 is 11.8 Å². The van der Waals surface area contributed by atoms with Crippen molar-refractivity contribution in [3.63, 3.8) is 0 Å². The normalized spacial score (nSPS) is 21.2. The fraction of sp³-hybridized carbons (Fsp3) is 0.789. The lowest BCUT2D eigenvalue weighted by Gasteiger charge is -2.26. The highest BCUT2D eigenvalue weighted by Gasteiger charge is 2.20. The zero-order valence-corrected chi connectivity index (χ0v) is 16.2. The molecule has 2 fully saturated rings. The predicted octanol–water partition coefficient (Wildman–Crippen LogP) is 1.85. The molecule has 0 radical (unpaired) electrons. The summed E-state index contributed by atoms with van der Waals surface area (Å²) in [7, 11) is 0. The lowest BCUT2D eigenvalue weighted by atomic mass is 10.3. The van der Waals surface area contributed by atoms with Gasteiger partial charge in [-0.15, -0.1) is 0 Å². The van der Waals surface area contributed by atoms with Crippen molar-refractivity contribution in [1.29, 1.82) is 0 Å². The molecule has 2 saturated heterocycles. The molecule has 0 aromatic carbocycles. The van der Waals surface area contributed by atoms with Gasteiger partial charge >= 0.3 is 0 Å². The third kappa shape index (κ3) is 4.61. The van der Waals surface area contributed by atoms with Gasteiger partial charge < -0.3 is 19.6 Å². The van der Waals surface area contributed by atoms with Gasteiger partial charge in [-0.3, -0.25) is 0 Å². The monoisotopic (exact) mass is 346 g/mol. The largest absolute Gasteiger partial charge is 0.355 e. The van der Waals surface area contributed by atoms with Crippen molar-refractivity contribution in [2.75, 3.05) is 75.2 Å². The van der Waals surface area contributed by atoms with Crippen LogP contribution in [0.1, 0.15) is 32.3 Å². The molecule has 1 aromatic rings. The van der Waals surface area contributed by atoms with E-state index in [1.54, 1.807) is 0 Å². The van der Waals surface area contributed by atoms with E-state index in [0.717, 1.165) is 64.1 Å². The number of nitrogens with zero attached hydrogens (tertiary/aromatic N) is 6. The summed E-state index contributed by atoms with van der Waals surface area (Å²) in [4.78, 5) is 19.6. The SMILES string of the molecule is CCN1CCCN(c2ncc(C)c(N3CCCN(CC)CC3)n2)CC1. The van der Waals surface area contributed by atoms with Crippen LogP contribution in [0.2, 0.25) is 0 Å². The van der Waals surface area contributed by atoms with Gasteiger partial charge in [-0.1, -0.05) is 13.8 Å². The number of aromatic nitrogens is 2. The number of anilines is 2. The number of rotatable bonds is 4. The van der Waals surface area contributed by atoms with Crippen molar-refractivity contribution in [3.8, 4) is 0 Å². The first-order valence-electron chi connectivity index (χ1n) is 9.99. The first-order valence-corrected chi connectivity index (χ1v) is 9.99. The van der Waals surface area contributed by atoms with Gasteiger partial charge in [-0.05, 0) is 45.9 Å². The Morgan fingerprint density at radius 1 is 0.800 bits per heavy atom. The van der Waals surface area contributed by atoms with Crippen LogP contribution in [-0.2, 0) is 0 Å². The van der Waals surface area contributed by atoms with E-state index in [2.05, 4.69) is 45.4 Å². The summed E-state index contributed by atoms with van der Waals surface area (Å²) in [5, 5.41) is 0. The Balaban J connectivity index is 1.74. The molecule has 2 aliphatic heterocycles. The average Bonchev–Trinajstić information content (AvgIpc) is 3.02. The topological polar surface area (TPSA) is 38.7 Å². The molecule has 0 bridgehead atoms. The Morgan fingerprint density at radius 3 is 2.04 bits per heavy atom. The first-order chi connectivity index (χ1) is 12.2. The van der Waals surface area contributed by atoms with Crippen LogP contribution in [0, 0.1) is 6.92 Å². The second-order valence-corrected chi connectivity index (χ2v) is 7.23. The average molecular weight is 347 g/mol. The predicted molar refractivity (Wildman–Crippen MR) is 105 cm³/mol. The molecule has 0 amide bonds. The maximum Gasteiger partial charge on any atom is 0.227 e. The molecule has 0 spiro atoms. The molecule has 0 N–H and O–H groups in total. The van der Waals surface area contributed by atoms with Gasteiger partial charge in [0.15, 0.2) is 0 Å². The molecule has 3 rings (SSSR count). The Kier molecular flexibility index (Phi) is 6.48. The van der Waals surface area contributed by atoms with Crippen LogP contribution in [0.15, 0.2) is 6.20 Å². The minimum atomic E-state index is 0.912. The molecule has 0 aliphatic carbocycles. The van der Waals surface area contributed by atoms with Crippen LogP contribution in [-0.4, -0.2) is 85.2 Å². The van der Waals surface area contributed by atoms with Gasteiger partial charge in [0.25, 0.3) is 0 Å². The van der Waals surface area contributed by atoms with Crippen LogP contribution < -0.4 is 9.80 Å². The summed E-state index contributed by atoms with van der Waals surface area (Å²) in [6.45, 7) is 17.8. The number of hydrogen-bond donors (Lipinski definition) is 0. The van der Waals surface area contributed by atoms with Crippen molar-refractivity contribution < 1.29 is 0 Å². The Morgan fingerprint density at radius 2 is 1.40 bits per heavy atom. The lowest BCUT2D eigenvalue weighted by Crippen LogP contribution is -2.33. The molecule has 0 atom stereocenters. The number of likely N-dealkylation sites (N-methyl/N-ethyl adjacent to an activating group) is 2. The smallest absolute Gasteiger partial charge is 0.227 e. The molecular weight excluding hydrogens is 312 g/mol. The van der Waals surface area contributed by atoms with E-state index in [-0.39, 0.29) is 0 Å². The number of aryl methyl sites for hydroxylation is 1. The van der Waals surface area contributed by atoms with Crippen molar-refractivity contribution in [2.45, 2.75) is 33.6 Å². The van der Waals surface area contributed by atoms with Crippen LogP contribution >= 0.6 is 0 Å². The standard InChI is InChI=1S/C19H34N6/c1-4-22-8-6-10-24(14-12-22)18-17(3)16-20-19(21-18)25-11-7-9-23(5-2)13-15-25/h16H,4-15H2,1-3H3. The quantitative estimate of drug-likeness (QED) is 0.828.